The fourth-order valence-electron chi connectivity index (χ4n) is 6.96. The van der Waals surface area contributed by atoms with Crippen LogP contribution in [0.25, 0.3) is 0 Å². The quantitative estimate of drug-likeness (QED) is 0.296. The molecule has 1 fully saturated rings. The van der Waals surface area contributed by atoms with Crippen molar-refractivity contribution >= 4 is 31.8 Å². The van der Waals surface area contributed by atoms with Crippen molar-refractivity contribution in [1.29, 1.82) is 0 Å². The van der Waals surface area contributed by atoms with Gasteiger partial charge in [0.25, 0.3) is 0 Å². The maximum atomic E-state index is 2.60. The van der Waals surface area contributed by atoms with E-state index in [-0.39, 0.29) is 7.92 Å². The molecule has 0 aliphatic heterocycles. The molecule has 0 aromatic heterocycles. The van der Waals surface area contributed by atoms with Crippen LogP contribution in [0.4, 0.5) is 0 Å². The molecule has 0 N–H and O–H groups in total. The van der Waals surface area contributed by atoms with Crippen LogP contribution in [0.3, 0.4) is 0 Å². The van der Waals surface area contributed by atoms with Gasteiger partial charge in [0.15, 0.2) is 0 Å². The van der Waals surface area contributed by atoms with E-state index in [1.165, 1.54) is 29.9 Å². The Kier molecular flexibility index (Phi) is 8.25. The van der Waals surface area contributed by atoms with Crippen LogP contribution >= 0.6 is 15.8 Å². The third kappa shape index (κ3) is 5.92. The van der Waals surface area contributed by atoms with Crippen LogP contribution in [0, 0.1) is 5.92 Å². The van der Waals surface area contributed by atoms with Gasteiger partial charge >= 0.3 is 0 Å². The van der Waals surface area contributed by atoms with E-state index >= 15 is 0 Å². The average molecular weight is 503 g/mol. The molecule has 35 heavy (non-hydrogen) atoms. The molecule has 4 rings (SSSR count). The fourth-order valence-corrected chi connectivity index (χ4v) is 14.7. The summed E-state index contributed by atoms with van der Waals surface area (Å²) in [6, 6.07) is 31.9. The Morgan fingerprint density at radius 3 is 1.66 bits per heavy atom. The first kappa shape index (κ1) is 26.6. The second kappa shape index (κ2) is 10.9. The molecule has 1 aliphatic rings. The van der Waals surface area contributed by atoms with Gasteiger partial charge in [0.05, 0.1) is 0 Å². The van der Waals surface area contributed by atoms with Crippen molar-refractivity contribution in [2.24, 2.45) is 5.92 Å². The largest absolute Gasteiger partial charge is 0.0924 e. The van der Waals surface area contributed by atoms with E-state index in [0.717, 1.165) is 11.6 Å². The Morgan fingerprint density at radius 1 is 0.657 bits per heavy atom. The van der Waals surface area contributed by atoms with Gasteiger partial charge in [-0.3, -0.25) is 0 Å². The summed E-state index contributed by atoms with van der Waals surface area (Å²) >= 11 is 0. The summed E-state index contributed by atoms with van der Waals surface area (Å²) in [6.07, 6.45) is 4.07. The molecule has 0 bridgehead atoms. The van der Waals surface area contributed by atoms with E-state index in [4.69, 9.17) is 0 Å². The van der Waals surface area contributed by atoms with Crippen molar-refractivity contribution in [3.05, 3.63) is 90.5 Å². The summed E-state index contributed by atoms with van der Waals surface area (Å²) < 4.78 is 0. The molecule has 0 amide bonds. The second-order valence-electron chi connectivity index (χ2n) is 12.2. The van der Waals surface area contributed by atoms with Gasteiger partial charge in [-0.2, -0.15) is 0 Å². The smallest absolute Gasteiger partial charge is 0.0116 e. The molecule has 0 saturated heterocycles. The minimum Gasteiger partial charge on any atom is -0.0924 e. The fraction of sp³-hybridized carbons (Fsp3) is 0.455. The van der Waals surface area contributed by atoms with Gasteiger partial charge in [-0.25, -0.2) is 0 Å². The van der Waals surface area contributed by atoms with Crippen LogP contribution in [-0.4, -0.2) is 16.0 Å². The van der Waals surface area contributed by atoms with Crippen LogP contribution in [0.15, 0.2) is 84.9 Å². The molecule has 0 nitrogen and oxygen atoms in total. The van der Waals surface area contributed by atoms with Gasteiger partial charge in [0.2, 0.25) is 0 Å². The summed E-state index contributed by atoms with van der Waals surface area (Å²) in [4.78, 5) is 0. The van der Waals surface area contributed by atoms with Crippen LogP contribution in [0.2, 0.25) is 0 Å². The molecule has 3 aromatic rings. The van der Waals surface area contributed by atoms with E-state index in [2.05, 4.69) is 133 Å². The van der Waals surface area contributed by atoms with Gasteiger partial charge in [-0.1, -0.05) is 148 Å². The van der Waals surface area contributed by atoms with E-state index in [9.17, 15) is 0 Å². The molecule has 186 valence electrons. The molecule has 0 spiro atoms. The highest BCUT2D eigenvalue weighted by molar-refractivity contribution is 7.79. The van der Waals surface area contributed by atoms with Crippen molar-refractivity contribution in [1.82, 2.24) is 0 Å². The van der Waals surface area contributed by atoms with Gasteiger partial charge in [-0.05, 0) is 70.0 Å². The molecule has 1 saturated carbocycles. The zero-order valence-corrected chi connectivity index (χ0v) is 24.6. The number of rotatable bonds is 6. The van der Waals surface area contributed by atoms with E-state index in [1.54, 1.807) is 10.9 Å². The van der Waals surface area contributed by atoms with Crippen LogP contribution in [-0.2, 0) is 0 Å². The predicted octanol–water partition coefficient (Wildman–Crippen LogP) is 8.80. The first-order valence-electron chi connectivity index (χ1n) is 13.4. The first-order chi connectivity index (χ1) is 16.6. The Labute approximate surface area is 217 Å². The summed E-state index contributed by atoms with van der Waals surface area (Å²) in [6.45, 7) is 17.5. The number of hydrogen-bond acceptors (Lipinski definition) is 0. The van der Waals surface area contributed by atoms with Gasteiger partial charge in [-0.15, -0.1) is 0 Å². The Balaban J connectivity index is 1.79. The van der Waals surface area contributed by atoms with E-state index < -0.39 is 7.92 Å². The lowest BCUT2D eigenvalue weighted by Crippen LogP contribution is -2.35. The summed E-state index contributed by atoms with van der Waals surface area (Å²) in [5.41, 5.74) is 2.38. The predicted molar refractivity (Wildman–Crippen MR) is 161 cm³/mol. The Bertz CT molecular complexity index is 1020. The Morgan fingerprint density at radius 2 is 1.14 bits per heavy atom. The standard InChI is InChI=1S/C33H44P2/c1-25(35(32(2,3)4)33(5,6)7)28-22-16-23-29(28)30-21-14-15-24-31(30)34(26-17-10-8-11-18-26)27-19-12-9-13-20-27/h8-15,17-21,24-25,28-29H,16,22-23H2,1-7H3/t25-,28?,29?/m1/s1. The molecule has 2 unspecified atom stereocenters. The third-order valence-corrected chi connectivity index (χ3v) is 14.3. The van der Waals surface area contributed by atoms with E-state index in [1.807, 2.05) is 0 Å². The second-order valence-corrected chi connectivity index (χ2v) is 18.6. The molecular weight excluding hydrogens is 458 g/mol. The highest BCUT2D eigenvalue weighted by atomic mass is 31.1. The summed E-state index contributed by atoms with van der Waals surface area (Å²) in [5.74, 6) is 1.43. The van der Waals surface area contributed by atoms with Crippen molar-refractivity contribution in [3.63, 3.8) is 0 Å². The maximum Gasteiger partial charge on any atom is -0.0116 e. The van der Waals surface area contributed by atoms with Crippen molar-refractivity contribution < 1.29 is 0 Å². The minimum absolute atomic E-state index is 0.139. The normalized spacial score (nSPS) is 19.9. The monoisotopic (exact) mass is 502 g/mol. The highest BCUT2D eigenvalue weighted by Crippen LogP contribution is 2.66. The molecule has 0 heterocycles. The van der Waals surface area contributed by atoms with Crippen molar-refractivity contribution in [2.45, 2.75) is 89.6 Å². The molecule has 3 atom stereocenters. The molecule has 2 heteroatoms. The zero-order valence-electron chi connectivity index (χ0n) is 22.8. The van der Waals surface area contributed by atoms with E-state index in [0.29, 0.717) is 16.2 Å². The molecule has 3 aromatic carbocycles. The van der Waals surface area contributed by atoms with Crippen LogP contribution in [0.1, 0.15) is 79.2 Å². The van der Waals surface area contributed by atoms with Gasteiger partial charge in [0, 0.05) is 0 Å². The average Bonchev–Trinajstić information content (AvgIpc) is 3.29. The van der Waals surface area contributed by atoms with Gasteiger partial charge < -0.3 is 0 Å². The highest BCUT2D eigenvalue weighted by Gasteiger charge is 2.44. The lowest BCUT2D eigenvalue weighted by atomic mass is 9.87. The molecule has 0 radical (unpaired) electrons. The maximum absolute atomic E-state index is 2.60. The zero-order chi connectivity index (χ0) is 25.2. The van der Waals surface area contributed by atoms with Crippen molar-refractivity contribution in [2.75, 3.05) is 0 Å². The summed E-state index contributed by atoms with van der Waals surface area (Å²) in [7, 11) is -0.716. The third-order valence-electron chi connectivity index (χ3n) is 7.65. The minimum atomic E-state index is -0.576. The van der Waals surface area contributed by atoms with Gasteiger partial charge in [0.1, 0.15) is 0 Å². The Hall–Kier alpha value is -1.48. The topological polar surface area (TPSA) is 0 Å². The lowest BCUT2D eigenvalue weighted by Gasteiger charge is -2.48. The van der Waals surface area contributed by atoms with Crippen molar-refractivity contribution in [3.8, 4) is 0 Å². The lowest BCUT2D eigenvalue weighted by molar-refractivity contribution is 0.467. The SMILES string of the molecule is C[C@H](C1CCCC1c1ccccc1P(c1ccccc1)c1ccccc1)P(C(C)(C)C)C(C)(C)C. The van der Waals surface area contributed by atoms with Crippen LogP contribution in [0.5, 0.6) is 0 Å². The molecular formula is C33H44P2. The summed E-state index contributed by atoms with van der Waals surface area (Å²) in [5, 5.41) is 5.20. The number of benzene rings is 3. The first-order valence-corrected chi connectivity index (χ1v) is 16.1. The molecule has 1 aliphatic carbocycles. The van der Waals surface area contributed by atoms with Crippen LogP contribution < -0.4 is 15.9 Å². The number of hydrogen-bond donors (Lipinski definition) is 0.